The fourth-order valence-corrected chi connectivity index (χ4v) is 3.09. The highest BCUT2D eigenvalue weighted by Gasteiger charge is 2.13. The van der Waals surface area contributed by atoms with Gasteiger partial charge in [0.05, 0.1) is 29.8 Å². The van der Waals surface area contributed by atoms with E-state index >= 15 is 0 Å². The Hall–Kier alpha value is -3.45. The number of rotatable bonds is 4. The van der Waals surface area contributed by atoms with Gasteiger partial charge in [-0.05, 0) is 43.3 Å². The van der Waals surface area contributed by atoms with Crippen molar-refractivity contribution in [2.24, 2.45) is 0 Å². The Morgan fingerprint density at radius 2 is 1.83 bits per heavy atom. The second-order valence-electron chi connectivity index (χ2n) is 6.08. The van der Waals surface area contributed by atoms with E-state index < -0.39 is 0 Å². The van der Waals surface area contributed by atoms with Crippen LogP contribution in [0.1, 0.15) is 29.9 Å². The summed E-state index contributed by atoms with van der Waals surface area (Å²) in [4.78, 5) is 25.0. The fourth-order valence-electron chi connectivity index (χ4n) is 2.93. The normalized spacial score (nSPS) is 10.3. The summed E-state index contributed by atoms with van der Waals surface area (Å²) in [6.45, 7) is 5.93. The van der Waals surface area contributed by atoms with Crippen LogP contribution in [0.4, 0.5) is 11.6 Å². The van der Waals surface area contributed by atoms with Crippen molar-refractivity contribution in [1.29, 1.82) is 0 Å². The van der Waals surface area contributed by atoms with Crippen molar-refractivity contribution in [3.8, 4) is 11.4 Å². The largest absolute Gasteiger partial charge is 0.465 e. The topological polar surface area (TPSA) is 81.4 Å². The first-order valence-corrected chi connectivity index (χ1v) is 9.86. The predicted molar refractivity (Wildman–Crippen MR) is 118 cm³/mol. The molecular weight excluding hydrogens is 402 g/mol. The molecule has 8 heteroatoms. The lowest BCUT2D eigenvalue weighted by Crippen LogP contribution is -2.02. The van der Waals surface area contributed by atoms with Gasteiger partial charge in [0.1, 0.15) is 5.65 Å². The molecule has 0 radical (unpaired) electrons. The number of aromatic nitrogens is 4. The van der Waals surface area contributed by atoms with Crippen LogP contribution in [0.15, 0.2) is 54.9 Å². The zero-order chi connectivity index (χ0) is 21.7. The number of imidazole rings is 1. The summed E-state index contributed by atoms with van der Waals surface area (Å²) in [6.07, 6.45) is 3.55. The third-order valence-corrected chi connectivity index (χ3v) is 4.46. The number of pyridine rings is 1. The number of fused-ring (bicyclic) bond motifs is 1. The third kappa shape index (κ3) is 4.41. The molecule has 0 atom stereocenters. The van der Waals surface area contributed by atoms with Crippen LogP contribution in [0.3, 0.4) is 0 Å². The molecule has 0 fully saturated rings. The van der Waals surface area contributed by atoms with Crippen molar-refractivity contribution in [2.45, 2.75) is 20.8 Å². The molecule has 0 spiro atoms. The highest BCUT2D eigenvalue weighted by molar-refractivity contribution is 6.30. The monoisotopic (exact) mass is 423 g/mol. The van der Waals surface area contributed by atoms with E-state index in [9.17, 15) is 4.79 Å². The number of benzene rings is 1. The van der Waals surface area contributed by atoms with Gasteiger partial charge in [-0.1, -0.05) is 25.4 Å². The number of methoxy groups -OCH3 is 1. The van der Waals surface area contributed by atoms with E-state index in [2.05, 4.69) is 20.3 Å². The summed E-state index contributed by atoms with van der Waals surface area (Å²) >= 11 is 6.06. The van der Waals surface area contributed by atoms with Crippen LogP contribution in [-0.2, 0) is 4.74 Å². The maximum absolute atomic E-state index is 11.5. The first kappa shape index (κ1) is 21.3. The summed E-state index contributed by atoms with van der Waals surface area (Å²) in [7, 11) is 1.35. The maximum atomic E-state index is 11.5. The first-order chi connectivity index (χ1) is 14.5. The number of halogens is 1. The summed E-state index contributed by atoms with van der Waals surface area (Å²) in [5.41, 5.74) is 4.43. The van der Waals surface area contributed by atoms with Crippen LogP contribution in [-0.4, -0.2) is 32.4 Å². The van der Waals surface area contributed by atoms with E-state index in [1.54, 1.807) is 36.5 Å². The highest BCUT2D eigenvalue weighted by Crippen LogP contribution is 2.25. The van der Waals surface area contributed by atoms with Gasteiger partial charge < -0.3 is 10.1 Å². The van der Waals surface area contributed by atoms with Crippen LogP contribution < -0.4 is 5.32 Å². The number of anilines is 2. The van der Waals surface area contributed by atoms with Crippen molar-refractivity contribution in [1.82, 2.24) is 19.4 Å². The summed E-state index contributed by atoms with van der Waals surface area (Å²) < 4.78 is 6.65. The lowest BCUT2D eigenvalue weighted by atomic mass is 10.2. The number of nitrogens with one attached hydrogen (secondary N) is 1. The van der Waals surface area contributed by atoms with E-state index in [1.807, 2.05) is 43.5 Å². The van der Waals surface area contributed by atoms with Crippen molar-refractivity contribution >= 4 is 34.9 Å². The lowest BCUT2D eigenvalue weighted by molar-refractivity contribution is 0.0601. The minimum absolute atomic E-state index is 0.381. The smallest absolute Gasteiger partial charge is 0.337 e. The van der Waals surface area contributed by atoms with Crippen molar-refractivity contribution in [3.63, 3.8) is 0 Å². The molecule has 0 aliphatic rings. The van der Waals surface area contributed by atoms with E-state index in [0.717, 1.165) is 28.4 Å². The van der Waals surface area contributed by atoms with Gasteiger partial charge in [-0.3, -0.25) is 4.40 Å². The Balaban J connectivity index is 0.00000124. The number of carbonyl (C=O) groups is 1. The average Bonchev–Trinajstić information content (AvgIpc) is 3.10. The van der Waals surface area contributed by atoms with Crippen LogP contribution in [0, 0.1) is 6.92 Å². The van der Waals surface area contributed by atoms with Gasteiger partial charge in [-0.25, -0.2) is 19.7 Å². The molecule has 1 N–H and O–H groups in total. The van der Waals surface area contributed by atoms with Crippen LogP contribution >= 0.6 is 11.6 Å². The molecule has 0 unspecified atom stereocenters. The lowest BCUT2D eigenvalue weighted by Gasteiger charge is -2.08. The van der Waals surface area contributed by atoms with Gasteiger partial charge in [0, 0.05) is 29.2 Å². The molecule has 1 aromatic carbocycles. The first-order valence-electron chi connectivity index (χ1n) is 9.48. The molecule has 0 bridgehead atoms. The SMILES string of the molecule is CC.COC(=O)c1ccc(Nc2nccc(-c3c(C)nc4cc(Cl)ccn34)n2)cc1. The summed E-state index contributed by atoms with van der Waals surface area (Å²) in [5, 5.41) is 3.77. The number of ether oxygens (including phenoxy) is 1. The van der Waals surface area contributed by atoms with Gasteiger partial charge in [0.2, 0.25) is 5.95 Å². The Morgan fingerprint density at radius 3 is 2.53 bits per heavy atom. The van der Waals surface area contributed by atoms with Gasteiger partial charge in [0.15, 0.2) is 0 Å². The van der Waals surface area contributed by atoms with E-state index in [1.165, 1.54) is 7.11 Å². The molecule has 0 saturated carbocycles. The zero-order valence-corrected chi connectivity index (χ0v) is 17.9. The molecule has 3 aromatic heterocycles. The number of carbonyl (C=O) groups excluding carboxylic acids is 1. The fraction of sp³-hybridized carbons (Fsp3) is 0.182. The Morgan fingerprint density at radius 1 is 1.10 bits per heavy atom. The molecule has 3 heterocycles. The molecular formula is C22H22ClN5O2. The minimum Gasteiger partial charge on any atom is -0.465 e. The molecule has 30 heavy (non-hydrogen) atoms. The van der Waals surface area contributed by atoms with Crippen molar-refractivity contribution in [2.75, 3.05) is 12.4 Å². The standard InChI is InChI=1S/C20H16ClN5O2.C2H6/c1-12-18(26-10-8-14(21)11-17(26)23-12)16-7-9-22-20(25-16)24-15-5-3-13(4-6-15)19(27)28-2;1-2/h3-11H,1-2H3,(H,22,24,25);1-2H3. The number of hydrogen-bond donors (Lipinski definition) is 1. The van der Waals surface area contributed by atoms with Crippen molar-refractivity contribution in [3.05, 3.63) is 71.1 Å². The molecule has 154 valence electrons. The Bertz CT molecular complexity index is 1170. The molecule has 4 rings (SSSR count). The number of hydrogen-bond acceptors (Lipinski definition) is 6. The van der Waals surface area contributed by atoms with E-state index in [0.29, 0.717) is 16.5 Å². The number of esters is 1. The van der Waals surface area contributed by atoms with Crippen LogP contribution in [0.2, 0.25) is 5.02 Å². The van der Waals surface area contributed by atoms with Crippen LogP contribution in [0.5, 0.6) is 0 Å². The molecule has 0 saturated heterocycles. The molecule has 0 aliphatic heterocycles. The number of nitrogens with zero attached hydrogens (tertiary/aromatic N) is 4. The average molecular weight is 424 g/mol. The third-order valence-electron chi connectivity index (χ3n) is 4.22. The van der Waals surface area contributed by atoms with Gasteiger partial charge in [0.25, 0.3) is 0 Å². The molecule has 4 aromatic rings. The predicted octanol–water partition coefficient (Wildman–Crippen LogP) is 5.31. The summed E-state index contributed by atoms with van der Waals surface area (Å²) in [6, 6.07) is 12.3. The number of aryl methyl sites for hydroxylation is 1. The van der Waals surface area contributed by atoms with Crippen LogP contribution in [0.25, 0.3) is 17.0 Å². The van der Waals surface area contributed by atoms with E-state index in [-0.39, 0.29) is 5.97 Å². The molecule has 0 amide bonds. The maximum Gasteiger partial charge on any atom is 0.337 e. The van der Waals surface area contributed by atoms with E-state index in [4.69, 9.17) is 16.3 Å². The highest BCUT2D eigenvalue weighted by atomic mass is 35.5. The molecule has 0 aliphatic carbocycles. The zero-order valence-electron chi connectivity index (χ0n) is 17.2. The van der Waals surface area contributed by atoms with Crippen molar-refractivity contribution < 1.29 is 9.53 Å². The molecule has 7 nitrogen and oxygen atoms in total. The quantitative estimate of drug-likeness (QED) is 0.448. The van der Waals surface area contributed by atoms with Gasteiger partial charge >= 0.3 is 5.97 Å². The minimum atomic E-state index is -0.381. The second kappa shape index (κ2) is 9.37. The van der Waals surface area contributed by atoms with Gasteiger partial charge in [-0.2, -0.15) is 0 Å². The Labute approximate surface area is 179 Å². The Kier molecular flexibility index (Phi) is 6.64. The summed E-state index contributed by atoms with van der Waals surface area (Å²) in [5.74, 6) is 0.0552. The van der Waals surface area contributed by atoms with Gasteiger partial charge in [-0.15, -0.1) is 0 Å². The second-order valence-corrected chi connectivity index (χ2v) is 6.51.